The fourth-order valence-corrected chi connectivity index (χ4v) is 2.80. The molecule has 0 fully saturated rings. The van der Waals surface area contributed by atoms with Crippen LogP contribution in [0, 0.1) is 24.4 Å². The molecule has 2 aromatic heterocycles. The van der Waals surface area contributed by atoms with Crippen LogP contribution < -0.4 is 10.9 Å². The second kappa shape index (κ2) is 5.38. The minimum atomic E-state index is -1.62. The van der Waals surface area contributed by atoms with Crippen LogP contribution in [0.3, 0.4) is 0 Å². The van der Waals surface area contributed by atoms with E-state index in [0.29, 0.717) is 23.2 Å². The zero-order valence-corrected chi connectivity index (χ0v) is 12.0. The predicted molar refractivity (Wildman–Crippen MR) is 78.0 cm³/mol. The highest BCUT2D eigenvalue weighted by Gasteiger charge is 2.17. The molecule has 1 N–H and O–H groups in total. The summed E-state index contributed by atoms with van der Waals surface area (Å²) < 4.78 is 40.0. The zero-order valence-electron chi connectivity index (χ0n) is 11.2. The fourth-order valence-electron chi connectivity index (χ4n) is 1.88. The van der Waals surface area contributed by atoms with Gasteiger partial charge in [-0.05, 0) is 25.1 Å². The van der Waals surface area contributed by atoms with Gasteiger partial charge in [0.15, 0.2) is 22.6 Å². The number of rotatable bonds is 2. The Hall–Kier alpha value is -2.48. The van der Waals surface area contributed by atoms with Gasteiger partial charge in [0.25, 0.3) is 5.56 Å². The number of fused-ring (bicyclic) bond motifs is 1. The summed E-state index contributed by atoms with van der Waals surface area (Å²) in [4.78, 5) is 19.7. The Balaban J connectivity index is 2.15. The Bertz CT molecular complexity index is 942. The molecule has 112 valence electrons. The number of nitrogens with one attached hydrogen (secondary N) is 1. The molecule has 0 atom stereocenters. The number of benzene rings is 1. The highest BCUT2D eigenvalue weighted by atomic mass is 32.1. The van der Waals surface area contributed by atoms with Crippen LogP contribution in [0.15, 0.2) is 29.1 Å². The monoisotopic (exact) mass is 323 g/mol. The van der Waals surface area contributed by atoms with E-state index in [2.05, 4.69) is 15.3 Å². The highest BCUT2D eigenvalue weighted by Crippen LogP contribution is 2.28. The summed E-state index contributed by atoms with van der Waals surface area (Å²) in [6.07, 6.45) is 0. The normalized spacial score (nSPS) is 10.9. The molecule has 0 saturated heterocycles. The molecule has 0 bridgehead atoms. The van der Waals surface area contributed by atoms with Crippen LogP contribution in [0.2, 0.25) is 0 Å². The maximum atomic E-state index is 13.8. The van der Waals surface area contributed by atoms with Gasteiger partial charge in [-0.1, -0.05) is 17.4 Å². The topological polar surface area (TPSA) is 54.9 Å². The first-order chi connectivity index (χ1) is 10.5. The first-order valence-corrected chi connectivity index (χ1v) is 6.96. The number of hydrogen-bond acceptors (Lipinski definition) is 5. The van der Waals surface area contributed by atoms with Crippen molar-refractivity contribution in [2.45, 2.75) is 6.92 Å². The molecule has 0 aliphatic heterocycles. The third kappa shape index (κ3) is 2.52. The van der Waals surface area contributed by atoms with Crippen LogP contribution in [0.5, 0.6) is 0 Å². The first kappa shape index (κ1) is 14.5. The van der Waals surface area contributed by atoms with E-state index in [4.69, 9.17) is 0 Å². The van der Waals surface area contributed by atoms with E-state index in [9.17, 15) is 18.0 Å². The van der Waals surface area contributed by atoms with E-state index in [1.165, 1.54) is 0 Å². The average Bonchev–Trinajstić information content (AvgIpc) is 2.46. The van der Waals surface area contributed by atoms with Crippen molar-refractivity contribution in [2.24, 2.45) is 0 Å². The molecule has 3 rings (SSSR count). The van der Waals surface area contributed by atoms with Crippen molar-refractivity contribution in [1.82, 2.24) is 9.97 Å². The van der Waals surface area contributed by atoms with Gasteiger partial charge in [-0.2, -0.15) is 4.98 Å². The van der Waals surface area contributed by atoms with Gasteiger partial charge in [-0.25, -0.2) is 18.2 Å². The molecule has 0 saturated carbocycles. The summed E-state index contributed by atoms with van der Waals surface area (Å²) in [5.41, 5.74) is -0.112. The lowest BCUT2D eigenvalue weighted by Gasteiger charge is -2.06. The van der Waals surface area contributed by atoms with Gasteiger partial charge in [0.2, 0.25) is 0 Å². The van der Waals surface area contributed by atoms with Gasteiger partial charge >= 0.3 is 0 Å². The van der Waals surface area contributed by atoms with Crippen molar-refractivity contribution in [3.8, 4) is 0 Å². The Labute approximate surface area is 126 Å². The number of aromatic nitrogens is 2. The van der Waals surface area contributed by atoms with Gasteiger partial charge in [-0.15, -0.1) is 0 Å². The van der Waals surface area contributed by atoms with E-state index in [1.807, 2.05) is 0 Å². The van der Waals surface area contributed by atoms with Crippen LogP contribution >= 0.6 is 11.3 Å². The van der Waals surface area contributed by atoms with Crippen LogP contribution in [-0.2, 0) is 0 Å². The molecule has 0 spiro atoms. The van der Waals surface area contributed by atoms with Crippen LogP contribution in [-0.4, -0.2) is 9.97 Å². The maximum Gasteiger partial charge on any atom is 0.281 e. The summed E-state index contributed by atoms with van der Waals surface area (Å²) in [6.45, 7) is 1.78. The van der Waals surface area contributed by atoms with E-state index < -0.39 is 23.0 Å². The molecular formula is C14H8F3N3OS. The average molecular weight is 323 g/mol. The van der Waals surface area contributed by atoms with Gasteiger partial charge in [0, 0.05) is 5.69 Å². The highest BCUT2D eigenvalue weighted by molar-refractivity contribution is 7.21. The number of halogens is 3. The van der Waals surface area contributed by atoms with Crippen molar-refractivity contribution in [3.63, 3.8) is 0 Å². The number of nitrogens with zero attached hydrogens (tertiary/aromatic N) is 2. The largest absolute Gasteiger partial charge is 0.316 e. The first-order valence-electron chi connectivity index (χ1n) is 6.15. The molecule has 22 heavy (non-hydrogen) atoms. The van der Waals surface area contributed by atoms with E-state index in [0.717, 1.165) is 5.69 Å². The second-order valence-corrected chi connectivity index (χ2v) is 5.48. The van der Waals surface area contributed by atoms with E-state index >= 15 is 0 Å². The van der Waals surface area contributed by atoms with E-state index in [-0.39, 0.29) is 15.2 Å². The van der Waals surface area contributed by atoms with Gasteiger partial charge in [-0.3, -0.25) is 4.79 Å². The van der Waals surface area contributed by atoms with Crippen LogP contribution in [0.25, 0.3) is 10.1 Å². The molecule has 0 amide bonds. The second-order valence-electron chi connectivity index (χ2n) is 4.48. The SMILES string of the molecule is Cc1cccc(Nc2nc(=O)c3cc(F)c(F)c(F)c3s2)n1. The lowest BCUT2D eigenvalue weighted by Crippen LogP contribution is -2.10. The van der Waals surface area contributed by atoms with Gasteiger partial charge in [0.1, 0.15) is 5.82 Å². The third-order valence-corrected chi connectivity index (χ3v) is 3.86. The Morgan fingerprint density at radius 2 is 1.91 bits per heavy atom. The molecule has 4 nitrogen and oxygen atoms in total. The molecular weight excluding hydrogens is 315 g/mol. The molecule has 0 aliphatic rings. The van der Waals surface area contributed by atoms with Crippen LogP contribution in [0.1, 0.15) is 5.69 Å². The van der Waals surface area contributed by atoms with Crippen molar-refractivity contribution < 1.29 is 13.2 Å². The number of pyridine rings is 1. The molecule has 0 aliphatic carbocycles. The fraction of sp³-hybridized carbons (Fsp3) is 0.0714. The minimum absolute atomic E-state index is 0.0421. The maximum absolute atomic E-state index is 13.8. The molecule has 8 heteroatoms. The molecule has 3 aromatic rings. The minimum Gasteiger partial charge on any atom is -0.316 e. The summed E-state index contributed by atoms with van der Waals surface area (Å²) in [6, 6.07) is 5.80. The molecule has 0 unspecified atom stereocenters. The van der Waals surface area contributed by atoms with E-state index in [1.54, 1.807) is 25.1 Å². The smallest absolute Gasteiger partial charge is 0.281 e. The van der Waals surface area contributed by atoms with Crippen molar-refractivity contribution in [1.29, 1.82) is 0 Å². The third-order valence-electron chi connectivity index (χ3n) is 2.87. The summed E-state index contributed by atoms with van der Waals surface area (Å²) in [5.74, 6) is -4.03. The molecule has 2 heterocycles. The van der Waals surface area contributed by atoms with Crippen molar-refractivity contribution in [2.75, 3.05) is 5.32 Å². The Morgan fingerprint density at radius 1 is 1.14 bits per heavy atom. The summed E-state index contributed by atoms with van der Waals surface area (Å²) in [7, 11) is 0. The number of hydrogen-bond donors (Lipinski definition) is 1. The van der Waals surface area contributed by atoms with Crippen LogP contribution in [0.4, 0.5) is 24.1 Å². The Morgan fingerprint density at radius 3 is 2.64 bits per heavy atom. The van der Waals surface area contributed by atoms with Gasteiger partial charge < -0.3 is 5.32 Å². The predicted octanol–water partition coefficient (Wildman–Crippen LogP) is 3.52. The Kier molecular flexibility index (Phi) is 3.53. The summed E-state index contributed by atoms with van der Waals surface area (Å²) in [5, 5.41) is 2.49. The number of anilines is 2. The quantitative estimate of drug-likeness (QED) is 0.733. The number of aryl methyl sites for hydroxylation is 1. The standard InChI is InChI=1S/C14H8F3N3OS/c1-6-3-2-4-9(18-6)19-14-20-13(21)7-5-8(15)10(16)11(17)12(7)22-14/h2-5H,1H3,(H,18,19,20,21). The van der Waals surface area contributed by atoms with Crippen molar-refractivity contribution >= 4 is 32.4 Å². The van der Waals surface area contributed by atoms with Crippen molar-refractivity contribution in [3.05, 3.63) is 57.8 Å². The van der Waals surface area contributed by atoms with Gasteiger partial charge in [0.05, 0.1) is 10.1 Å². The summed E-state index contributed by atoms with van der Waals surface area (Å²) >= 11 is 0.707. The zero-order chi connectivity index (χ0) is 15.9. The lowest BCUT2D eigenvalue weighted by atomic mass is 10.2. The molecule has 1 aromatic carbocycles. The molecule has 0 radical (unpaired) electrons. The lowest BCUT2D eigenvalue weighted by molar-refractivity contribution is 0.454.